The molecule has 0 fully saturated rings. The predicted octanol–water partition coefficient (Wildman–Crippen LogP) is 5.50. The number of aliphatic hydroxyl groups excluding tert-OH is 1. The van der Waals surface area contributed by atoms with E-state index in [4.69, 9.17) is 10.8 Å². The van der Waals surface area contributed by atoms with Gasteiger partial charge in [-0.25, -0.2) is 0 Å². The number of aryl methyl sites for hydroxylation is 4. The van der Waals surface area contributed by atoms with Crippen molar-refractivity contribution in [3.8, 4) is 0 Å². The third kappa shape index (κ3) is 11.1. The summed E-state index contributed by atoms with van der Waals surface area (Å²) in [5, 5.41) is 7.57. The van der Waals surface area contributed by atoms with Crippen LogP contribution in [0.15, 0.2) is 90.2 Å². The number of nitrogens with zero attached hydrogens (tertiary/aromatic N) is 3. The fraction of sp³-hybridized carbons (Fsp3) is 0.214. The Morgan fingerprint density at radius 2 is 1.26 bits per heavy atom. The number of aldehydes is 1. The SMILES string of the molecule is CCO.Cc1ccc(N)cc1.Cc1ccc(N=Cc2cccn2C)cc1.Cn1cccc1C=O. The lowest BCUT2D eigenvalue weighted by Gasteiger charge is -1.96. The van der Waals surface area contributed by atoms with E-state index < -0.39 is 0 Å². The second kappa shape index (κ2) is 15.8. The van der Waals surface area contributed by atoms with E-state index in [1.165, 1.54) is 11.1 Å². The number of hydrogen-bond donors (Lipinski definition) is 2. The van der Waals surface area contributed by atoms with Gasteiger partial charge in [0, 0.05) is 38.8 Å². The van der Waals surface area contributed by atoms with E-state index in [0.29, 0.717) is 5.69 Å². The Morgan fingerprint density at radius 3 is 1.62 bits per heavy atom. The zero-order valence-electron chi connectivity index (χ0n) is 20.7. The van der Waals surface area contributed by atoms with Crippen LogP contribution in [0.2, 0.25) is 0 Å². The lowest BCUT2D eigenvalue weighted by molar-refractivity contribution is 0.111. The molecule has 0 aliphatic rings. The van der Waals surface area contributed by atoms with Crippen molar-refractivity contribution in [2.75, 3.05) is 12.3 Å². The van der Waals surface area contributed by atoms with Crippen molar-refractivity contribution in [3.63, 3.8) is 0 Å². The zero-order chi connectivity index (χ0) is 25.3. The first-order valence-corrected chi connectivity index (χ1v) is 11.0. The average molecular weight is 461 g/mol. The normalized spacial score (nSPS) is 9.71. The van der Waals surface area contributed by atoms with Crippen LogP contribution < -0.4 is 5.73 Å². The Balaban J connectivity index is 0.000000259. The van der Waals surface area contributed by atoms with Gasteiger partial charge in [0.25, 0.3) is 0 Å². The number of rotatable bonds is 3. The van der Waals surface area contributed by atoms with E-state index in [1.807, 2.05) is 98.8 Å². The second-order valence-electron chi connectivity index (χ2n) is 7.53. The van der Waals surface area contributed by atoms with Crippen molar-refractivity contribution in [2.45, 2.75) is 20.8 Å². The molecule has 6 heteroatoms. The maximum Gasteiger partial charge on any atom is 0.166 e. The molecule has 34 heavy (non-hydrogen) atoms. The van der Waals surface area contributed by atoms with Gasteiger partial charge >= 0.3 is 0 Å². The largest absolute Gasteiger partial charge is 0.399 e. The maximum atomic E-state index is 10.1. The minimum Gasteiger partial charge on any atom is -0.399 e. The highest BCUT2D eigenvalue weighted by molar-refractivity contribution is 5.80. The fourth-order valence-corrected chi connectivity index (χ4v) is 2.54. The monoisotopic (exact) mass is 460 g/mol. The topological polar surface area (TPSA) is 85.5 Å². The zero-order valence-corrected chi connectivity index (χ0v) is 20.7. The highest BCUT2D eigenvalue weighted by Gasteiger charge is 1.92. The number of anilines is 1. The van der Waals surface area contributed by atoms with Crippen molar-refractivity contribution in [3.05, 3.63) is 108 Å². The molecule has 0 saturated heterocycles. The lowest BCUT2D eigenvalue weighted by atomic mass is 10.2. The number of nitrogen functional groups attached to an aromatic ring is 1. The first-order valence-electron chi connectivity index (χ1n) is 11.0. The molecule has 0 atom stereocenters. The molecule has 0 unspecified atom stereocenters. The number of aromatic nitrogens is 2. The smallest absolute Gasteiger partial charge is 0.166 e. The first-order chi connectivity index (χ1) is 16.3. The molecule has 0 radical (unpaired) electrons. The Kier molecular flexibility index (Phi) is 13.1. The predicted molar refractivity (Wildman–Crippen MR) is 143 cm³/mol. The number of benzene rings is 2. The van der Waals surface area contributed by atoms with Gasteiger partial charge in [-0.1, -0.05) is 35.4 Å². The van der Waals surface area contributed by atoms with Gasteiger partial charge in [-0.3, -0.25) is 9.79 Å². The molecule has 0 amide bonds. The van der Waals surface area contributed by atoms with Gasteiger partial charge in [-0.05, 0) is 69.3 Å². The van der Waals surface area contributed by atoms with E-state index in [2.05, 4.69) is 24.0 Å². The summed E-state index contributed by atoms with van der Waals surface area (Å²) < 4.78 is 3.81. The third-order valence-electron chi connectivity index (χ3n) is 4.55. The molecular formula is C28H36N4O2. The molecule has 0 bridgehead atoms. The standard InChI is InChI=1S/C13H14N2.C7H9N.C6H7NO.C2H6O/c1-11-5-7-12(8-6-11)14-10-13-4-3-9-15(13)2;1-6-2-4-7(8)5-3-6;1-7-4-2-3-6(7)5-8;1-2-3/h3-10H,1-2H3;2-5H,8H2,1H3;2-5H,1H3;3H,2H2,1H3. The summed E-state index contributed by atoms with van der Waals surface area (Å²) in [6, 6.07) is 23.6. The second-order valence-corrected chi connectivity index (χ2v) is 7.53. The van der Waals surface area contributed by atoms with Gasteiger partial charge < -0.3 is 20.0 Å². The van der Waals surface area contributed by atoms with E-state index in [1.54, 1.807) is 17.6 Å². The van der Waals surface area contributed by atoms with Crippen molar-refractivity contribution >= 4 is 23.9 Å². The number of aliphatic hydroxyl groups is 1. The minimum absolute atomic E-state index is 0.250. The van der Waals surface area contributed by atoms with Crippen molar-refractivity contribution < 1.29 is 9.90 Å². The Morgan fingerprint density at radius 1 is 0.824 bits per heavy atom. The summed E-state index contributed by atoms with van der Waals surface area (Å²) >= 11 is 0. The summed E-state index contributed by atoms with van der Waals surface area (Å²) in [4.78, 5) is 14.5. The van der Waals surface area contributed by atoms with E-state index in [-0.39, 0.29) is 6.61 Å². The number of carbonyl (C=O) groups is 1. The van der Waals surface area contributed by atoms with Crippen LogP contribution in [0.1, 0.15) is 34.2 Å². The number of hydrogen-bond acceptors (Lipinski definition) is 4. The minimum atomic E-state index is 0.250. The van der Waals surface area contributed by atoms with Gasteiger partial charge in [-0.15, -0.1) is 0 Å². The maximum absolute atomic E-state index is 10.1. The summed E-state index contributed by atoms with van der Waals surface area (Å²) in [7, 11) is 3.85. The Hall–Kier alpha value is -3.90. The lowest BCUT2D eigenvalue weighted by Crippen LogP contribution is -1.91. The van der Waals surface area contributed by atoms with Crippen molar-refractivity contribution in [2.24, 2.45) is 19.1 Å². The Bertz CT molecular complexity index is 1090. The molecule has 2 aromatic heterocycles. The third-order valence-corrected chi connectivity index (χ3v) is 4.55. The summed E-state index contributed by atoms with van der Waals surface area (Å²) in [6.45, 7) is 6.05. The van der Waals surface area contributed by atoms with Crippen molar-refractivity contribution in [1.82, 2.24) is 9.13 Å². The molecule has 6 nitrogen and oxygen atoms in total. The van der Waals surface area contributed by atoms with Crippen molar-refractivity contribution in [1.29, 1.82) is 0 Å². The number of carbonyl (C=O) groups excluding carboxylic acids is 1. The van der Waals surface area contributed by atoms with Crippen LogP contribution in [0.4, 0.5) is 11.4 Å². The van der Waals surface area contributed by atoms with Gasteiger partial charge in [0.05, 0.1) is 23.3 Å². The summed E-state index contributed by atoms with van der Waals surface area (Å²) in [6.07, 6.45) is 6.56. The Labute approximate surface area is 203 Å². The fourth-order valence-electron chi connectivity index (χ4n) is 2.54. The van der Waals surface area contributed by atoms with Gasteiger partial charge in [-0.2, -0.15) is 0 Å². The molecule has 180 valence electrons. The number of aliphatic imine (C=N–C) groups is 1. The number of nitrogens with two attached hydrogens (primary N) is 1. The van der Waals surface area contributed by atoms with Gasteiger partial charge in [0.2, 0.25) is 0 Å². The van der Waals surface area contributed by atoms with Crippen LogP contribution in [0.3, 0.4) is 0 Å². The quantitative estimate of drug-likeness (QED) is 0.241. The summed E-state index contributed by atoms with van der Waals surface area (Å²) in [5.74, 6) is 0. The van der Waals surface area contributed by atoms with E-state index in [0.717, 1.165) is 23.4 Å². The molecule has 3 N–H and O–H groups in total. The van der Waals surface area contributed by atoms with Crippen LogP contribution in [0, 0.1) is 13.8 Å². The molecule has 2 aromatic carbocycles. The summed E-state index contributed by atoms with van der Waals surface area (Å²) in [5.41, 5.74) is 11.6. The molecule has 4 aromatic rings. The molecule has 0 saturated carbocycles. The van der Waals surface area contributed by atoms with Gasteiger partial charge in [0.15, 0.2) is 6.29 Å². The van der Waals surface area contributed by atoms with Crippen LogP contribution in [-0.4, -0.2) is 33.3 Å². The van der Waals surface area contributed by atoms with Crippen LogP contribution >= 0.6 is 0 Å². The first kappa shape index (κ1) is 28.1. The molecule has 0 aliphatic carbocycles. The molecule has 4 rings (SSSR count). The van der Waals surface area contributed by atoms with E-state index >= 15 is 0 Å². The molecule has 0 spiro atoms. The van der Waals surface area contributed by atoms with Gasteiger partial charge in [0.1, 0.15) is 0 Å². The highest BCUT2D eigenvalue weighted by Crippen LogP contribution is 2.12. The molecule has 0 aliphatic heterocycles. The highest BCUT2D eigenvalue weighted by atomic mass is 16.2. The van der Waals surface area contributed by atoms with Crippen LogP contribution in [0.5, 0.6) is 0 Å². The molecule has 2 heterocycles. The van der Waals surface area contributed by atoms with E-state index in [9.17, 15) is 4.79 Å². The van der Waals surface area contributed by atoms with Crippen LogP contribution in [0.25, 0.3) is 0 Å². The van der Waals surface area contributed by atoms with Crippen LogP contribution in [-0.2, 0) is 14.1 Å². The average Bonchev–Trinajstić information content (AvgIpc) is 3.44. The molecular weight excluding hydrogens is 424 g/mol.